The van der Waals surface area contributed by atoms with Gasteiger partial charge in [0.15, 0.2) is 0 Å². The molecule has 1 amide bonds. The largest absolute Gasteiger partial charge is 0.481 e. The SMILES string of the molecule is C[C@H](NC(=O)OC(C)(C)C)[C@@H](C(=O)O)[C@@H](C)O. The molecule has 0 saturated heterocycles. The summed E-state index contributed by atoms with van der Waals surface area (Å²) >= 11 is 0. The van der Waals surface area contributed by atoms with Gasteiger partial charge >= 0.3 is 12.1 Å². The number of hydrogen-bond donors (Lipinski definition) is 3. The number of carboxylic acids is 1. The molecule has 0 heterocycles. The summed E-state index contributed by atoms with van der Waals surface area (Å²) in [4.78, 5) is 22.3. The van der Waals surface area contributed by atoms with Gasteiger partial charge in [-0.1, -0.05) is 0 Å². The second-order valence-corrected chi connectivity index (χ2v) is 5.04. The average molecular weight is 247 g/mol. The minimum Gasteiger partial charge on any atom is -0.481 e. The third kappa shape index (κ3) is 6.11. The highest BCUT2D eigenvalue weighted by Crippen LogP contribution is 2.12. The predicted octanol–water partition coefficient (Wildman–Crippen LogP) is 0.981. The van der Waals surface area contributed by atoms with E-state index in [4.69, 9.17) is 9.84 Å². The molecule has 0 bridgehead atoms. The maximum Gasteiger partial charge on any atom is 0.407 e. The van der Waals surface area contributed by atoms with Crippen LogP contribution in [0.3, 0.4) is 0 Å². The summed E-state index contributed by atoms with van der Waals surface area (Å²) in [5, 5.41) is 20.6. The summed E-state index contributed by atoms with van der Waals surface area (Å²) < 4.78 is 4.99. The van der Waals surface area contributed by atoms with Crippen LogP contribution < -0.4 is 5.32 Å². The van der Waals surface area contributed by atoms with E-state index in [-0.39, 0.29) is 0 Å². The van der Waals surface area contributed by atoms with E-state index in [0.717, 1.165) is 0 Å². The summed E-state index contributed by atoms with van der Waals surface area (Å²) in [7, 11) is 0. The first-order valence-corrected chi connectivity index (χ1v) is 5.45. The van der Waals surface area contributed by atoms with Crippen LogP contribution in [0.2, 0.25) is 0 Å². The lowest BCUT2D eigenvalue weighted by Crippen LogP contribution is -2.47. The Morgan fingerprint density at radius 2 is 1.71 bits per heavy atom. The molecule has 3 N–H and O–H groups in total. The molecule has 0 unspecified atom stereocenters. The van der Waals surface area contributed by atoms with Gasteiger partial charge < -0.3 is 20.3 Å². The fraction of sp³-hybridized carbons (Fsp3) is 0.818. The Bertz CT molecular complexity index is 282. The zero-order valence-electron chi connectivity index (χ0n) is 10.9. The number of carbonyl (C=O) groups excluding carboxylic acids is 1. The molecule has 17 heavy (non-hydrogen) atoms. The Morgan fingerprint density at radius 1 is 1.24 bits per heavy atom. The van der Waals surface area contributed by atoms with E-state index in [0.29, 0.717) is 0 Å². The van der Waals surface area contributed by atoms with Crippen LogP contribution in [0, 0.1) is 5.92 Å². The van der Waals surface area contributed by atoms with Crippen LogP contribution in [-0.2, 0) is 9.53 Å². The summed E-state index contributed by atoms with van der Waals surface area (Å²) in [6, 6.07) is -0.720. The van der Waals surface area contributed by atoms with E-state index in [1.807, 2.05) is 0 Å². The minimum absolute atomic E-state index is 0.645. The summed E-state index contributed by atoms with van der Waals surface area (Å²) in [6.07, 6.45) is -1.76. The molecule has 6 nitrogen and oxygen atoms in total. The van der Waals surface area contributed by atoms with Crippen molar-refractivity contribution in [2.45, 2.75) is 52.4 Å². The fourth-order valence-corrected chi connectivity index (χ4v) is 1.42. The van der Waals surface area contributed by atoms with Crippen LogP contribution in [0.25, 0.3) is 0 Å². The van der Waals surface area contributed by atoms with Gasteiger partial charge in [-0.2, -0.15) is 0 Å². The van der Waals surface area contributed by atoms with Crippen molar-refractivity contribution in [1.82, 2.24) is 5.32 Å². The van der Waals surface area contributed by atoms with Gasteiger partial charge in [0.2, 0.25) is 0 Å². The summed E-state index contributed by atoms with van der Waals surface area (Å²) in [6.45, 7) is 8.00. The first-order chi connectivity index (χ1) is 7.54. The minimum atomic E-state index is -1.16. The number of hydrogen-bond acceptors (Lipinski definition) is 4. The topological polar surface area (TPSA) is 95.9 Å². The monoisotopic (exact) mass is 247 g/mol. The molecule has 0 spiro atoms. The molecule has 0 aromatic heterocycles. The first kappa shape index (κ1) is 15.7. The smallest absolute Gasteiger partial charge is 0.407 e. The lowest BCUT2D eigenvalue weighted by Gasteiger charge is -2.26. The number of amides is 1. The molecule has 100 valence electrons. The zero-order chi connectivity index (χ0) is 13.8. The summed E-state index contributed by atoms with van der Waals surface area (Å²) in [5.74, 6) is -2.23. The van der Waals surface area contributed by atoms with Gasteiger partial charge in [0, 0.05) is 6.04 Å². The van der Waals surface area contributed by atoms with Crippen LogP contribution in [0.1, 0.15) is 34.6 Å². The molecule has 3 atom stereocenters. The van der Waals surface area contributed by atoms with Gasteiger partial charge in [-0.15, -0.1) is 0 Å². The molecular weight excluding hydrogens is 226 g/mol. The van der Waals surface area contributed by atoms with Crippen molar-refractivity contribution in [2.24, 2.45) is 5.92 Å². The Labute approximate surface area is 101 Å². The number of ether oxygens (including phenoxy) is 1. The van der Waals surface area contributed by atoms with Crippen LogP contribution in [0.15, 0.2) is 0 Å². The van der Waals surface area contributed by atoms with Crippen LogP contribution in [0.5, 0.6) is 0 Å². The highest BCUT2D eigenvalue weighted by atomic mass is 16.6. The normalized spacial score (nSPS) is 16.8. The van der Waals surface area contributed by atoms with Gasteiger partial charge in [0.1, 0.15) is 11.5 Å². The van der Waals surface area contributed by atoms with Crippen molar-refractivity contribution >= 4 is 12.1 Å². The third-order valence-electron chi connectivity index (χ3n) is 2.09. The zero-order valence-corrected chi connectivity index (χ0v) is 10.9. The quantitative estimate of drug-likeness (QED) is 0.688. The number of carbonyl (C=O) groups is 2. The van der Waals surface area contributed by atoms with Crippen molar-refractivity contribution in [1.29, 1.82) is 0 Å². The lowest BCUT2D eigenvalue weighted by molar-refractivity contribution is -0.146. The van der Waals surface area contributed by atoms with Crippen LogP contribution >= 0.6 is 0 Å². The van der Waals surface area contributed by atoms with Gasteiger partial charge in [-0.05, 0) is 34.6 Å². The molecule has 0 saturated carbocycles. The lowest BCUT2D eigenvalue weighted by atomic mass is 9.96. The van der Waals surface area contributed by atoms with Crippen molar-refractivity contribution in [3.05, 3.63) is 0 Å². The predicted molar refractivity (Wildman–Crippen MR) is 61.6 cm³/mol. The number of rotatable bonds is 4. The molecular formula is C11H21NO5. The van der Waals surface area contributed by atoms with Crippen molar-refractivity contribution in [2.75, 3.05) is 0 Å². The van der Waals surface area contributed by atoms with E-state index >= 15 is 0 Å². The molecule has 6 heteroatoms. The first-order valence-electron chi connectivity index (χ1n) is 5.45. The van der Waals surface area contributed by atoms with Crippen LogP contribution in [-0.4, -0.2) is 40.0 Å². The second kappa shape index (κ2) is 5.86. The molecule has 0 aliphatic carbocycles. The molecule has 0 rings (SSSR count). The molecule has 0 aromatic carbocycles. The number of alkyl carbamates (subject to hydrolysis) is 1. The molecule has 0 fully saturated rings. The van der Waals surface area contributed by atoms with Crippen molar-refractivity contribution < 1.29 is 24.5 Å². The van der Waals surface area contributed by atoms with E-state index in [2.05, 4.69) is 5.32 Å². The number of aliphatic carboxylic acids is 1. The van der Waals surface area contributed by atoms with E-state index in [1.54, 1.807) is 20.8 Å². The van der Waals surface area contributed by atoms with Gasteiger partial charge in [0.25, 0.3) is 0 Å². The Balaban J connectivity index is 4.46. The molecule has 0 aliphatic rings. The van der Waals surface area contributed by atoms with E-state index < -0.39 is 35.7 Å². The van der Waals surface area contributed by atoms with Crippen LogP contribution in [0.4, 0.5) is 4.79 Å². The van der Waals surface area contributed by atoms with E-state index in [9.17, 15) is 14.7 Å². The number of carboxylic acid groups (broad SMARTS) is 1. The van der Waals surface area contributed by atoms with Gasteiger partial charge in [0.05, 0.1) is 6.10 Å². The average Bonchev–Trinajstić information content (AvgIpc) is 1.96. The number of aliphatic hydroxyl groups excluding tert-OH is 1. The Morgan fingerprint density at radius 3 is 2.00 bits per heavy atom. The van der Waals surface area contributed by atoms with Gasteiger partial charge in [-0.25, -0.2) is 4.79 Å². The number of nitrogens with one attached hydrogen (secondary N) is 1. The number of aliphatic hydroxyl groups is 1. The highest BCUT2D eigenvalue weighted by Gasteiger charge is 2.31. The van der Waals surface area contributed by atoms with E-state index in [1.165, 1.54) is 13.8 Å². The summed E-state index contributed by atoms with van der Waals surface area (Å²) in [5.41, 5.74) is -0.645. The standard InChI is InChI=1S/C11H21NO5/c1-6(8(7(2)13)9(14)15)12-10(16)17-11(3,4)5/h6-8,13H,1-5H3,(H,12,16)(H,14,15)/t6-,7+,8+/m0/s1. The highest BCUT2D eigenvalue weighted by molar-refractivity contribution is 5.74. The van der Waals surface area contributed by atoms with Crippen molar-refractivity contribution in [3.8, 4) is 0 Å². The molecule has 0 aliphatic heterocycles. The second-order valence-electron chi connectivity index (χ2n) is 5.04. The maximum absolute atomic E-state index is 11.4. The molecule has 0 aromatic rings. The molecule has 0 radical (unpaired) electrons. The Kier molecular flexibility index (Phi) is 5.41. The maximum atomic E-state index is 11.4. The van der Waals surface area contributed by atoms with Gasteiger partial charge in [-0.3, -0.25) is 4.79 Å². The third-order valence-corrected chi connectivity index (χ3v) is 2.09. The van der Waals surface area contributed by atoms with Crippen molar-refractivity contribution in [3.63, 3.8) is 0 Å². The Hall–Kier alpha value is -1.30. The fourth-order valence-electron chi connectivity index (χ4n) is 1.42.